The topological polar surface area (TPSA) is 97.6 Å². The standard InChI is InChI=1S/C12H18N4O3/c1-9(19-10-4-3-5-14-7-10)6-15-11(17)8-16(2)12(13)18/h3-5,7,9H,6,8H2,1-2H3,(H2,13,18)(H,15,17). The Hall–Kier alpha value is -2.31. The number of nitrogens with one attached hydrogen (secondary N) is 1. The Morgan fingerprint density at radius 1 is 1.58 bits per heavy atom. The summed E-state index contributed by atoms with van der Waals surface area (Å²) in [5.74, 6) is 0.349. The average molecular weight is 266 g/mol. The number of nitrogens with zero attached hydrogens (tertiary/aromatic N) is 2. The van der Waals surface area contributed by atoms with Crippen LogP contribution in [0.4, 0.5) is 4.79 Å². The first-order chi connectivity index (χ1) is 8.99. The summed E-state index contributed by atoms with van der Waals surface area (Å²) in [7, 11) is 1.46. The Bertz CT molecular complexity index is 424. The van der Waals surface area contributed by atoms with E-state index in [2.05, 4.69) is 10.3 Å². The largest absolute Gasteiger partial charge is 0.487 e. The molecule has 7 heteroatoms. The van der Waals surface area contributed by atoms with Crippen molar-refractivity contribution in [1.82, 2.24) is 15.2 Å². The minimum absolute atomic E-state index is 0.0745. The third-order valence-electron chi connectivity index (χ3n) is 2.32. The maximum atomic E-state index is 11.5. The lowest BCUT2D eigenvalue weighted by Gasteiger charge is -2.17. The van der Waals surface area contributed by atoms with Crippen molar-refractivity contribution in [2.45, 2.75) is 13.0 Å². The van der Waals surface area contributed by atoms with E-state index < -0.39 is 6.03 Å². The van der Waals surface area contributed by atoms with Crippen molar-refractivity contribution in [3.63, 3.8) is 0 Å². The van der Waals surface area contributed by atoms with Crippen LogP contribution in [-0.2, 0) is 4.79 Å². The van der Waals surface area contributed by atoms with Crippen molar-refractivity contribution in [3.8, 4) is 5.75 Å². The zero-order valence-corrected chi connectivity index (χ0v) is 11.0. The van der Waals surface area contributed by atoms with Crippen LogP contribution in [0.25, 0.3) is 0 Å². The highest BCUT2D eigenvalue weighted by molar-refractivity contribution is 5.83. The molecule has 0 radical (unpaired) electrons. The van der Waals surface area contributed by atoms with Gasteiger partial charge in [-0.3, -0.25) is 9.78 Å². The SMILES string of the molecule is CC(CNC(=O)CN(C)C(N)=O)Oc1cccnc1. The van der Waals surface area contributed by atoms with Crippen LogP contribution in [0.15, 0.2) is 24.5 Å². The number of rotatable bonds is 6. The lowest BCUT2D eigenvalue weighted by Crippen LogP contribution is -2.43. The van der Waals surface area contributed by atoms with Gasteiger partial charge in [0.1, 0.15) is 18.4 Å². The first kappa shape index (κ1) is 14.7. The molecule has 7 nitrogen and oxygen atoms in total. The second kappa shape index (κ2) is 7.20. The van der Waals surface area contributed by atoms with Crippen molar-refractivity contribution in [2.75, 3.05) is 20.1 Å². The summed E-state index contributed by atoms with van der Waals surface area (Å²) in [4.78, 5) is 27.3. The second-order valence-corrected chi connectivity index (χ2v) is 4.12. The number of aromatic nitrogens is 1. The second-order valence-electron chi connectivity index (χ2n) is 4.12. The van der Waals surface area contributed by atoms with Gasteiger partial charge >= 0.3 is 6.03 Å². The minimum Gasteiger partial charge on any atom is -0.487 e. The van der Waals surface area contributed by atoms with Gasteiger partial charge in [-0.1, -0.05) is 0 Å². The van der Waals surface area contributed by atoms with Crippen LogP contribution in [0.1, 0.15) is 6.92 Å². The lowest BCUT2D eigenvalue weighted by atomic mass is 10.3. The molecule has 0 fully saturated rings. The van der Waals surface area contributed by atoms with Gasteiger partial charge < -0.3 is 20.7 Å². The highest BCUT2D eigenvalue weighted by atomic mass is 16.5. The summed E-state index contributed by atoms with van der Waals surface area (Å²) in [5, 5.41) is 2.65. The monoisotopic (exact) mass is 266 g/mol. The van der Waals surface area contributed by atoms with Gasteiger partial charge in [-0.2, -0.15) is 0 Å². The molecular formula is C12H18N4O3. The molecule has 0 aliphatic rings. The highest BCUT2D eigenvalue weighted by Gasteiger charge is 2.11. The number of hydrogen-bond acceptors (Lipinski definition) is 4. The molecule has 0 aliphatic carbocycles. The molecule has 0 spiro atoms. The van der Waals surface area contributed by atoms with E-state index >= 15 is 0 Å². The Morgan fingerprint density at radius 3 is 2.89 bits per heavy atom. The van der Waals surface area contributed by atoms with Gasteiger partial charge in [0, 0.05) is 13.2 Å². The fourth-order valence-electron chi connectivity index (χ4n) is 1.30. The lowest BCUT2D eigenvalue weighted by molar-refractivity contribution is -0.121. The minimum atomic E-state index is -0.644. The molecule has 0 saturated carbocycles. The van der Waals surface area contributed by atoms with Crippen LogP contribution >= 0.6 is 0 Å². The van der Waals surface area contributed by atoms with Gasteiger partial charge in [-0.25, -0.2) is 4.79 Å². The van der Waals surface area contributed by atoms with Gasteiger partial charge in [0.05, 0.1) is 12.7 Å². The number of pyridine rings is 1. The van der Waals surface area contributed by atoms with Crippen molar-refractivity contribution in [3.05, 3.63) is 24.5 Å². The number of hydrogen-bond donors (Lipinski definition) is 2. The molecule has 0 aromatic carbocycles. The Labute approximate surface area is 111 Å². The maximum absolute atomic E-state index is 11.5. The van der Waals surface area contributed by atoms with E-state index in [9.17, 15) is 9.59 Å². The number of nitrogens with two attached hydrogens (primary N) is 1. The van der Waals surface area contributed by atoms with Crippen LogP contribution in [0.5, 0.6) is 5.75 Å². The fourth-order valence-corrected chi connectivity index (χ4v) is 1.30. The van der Waals surface area contributed by atoms with E-state index in [1.807, 2.05) is 6.92 Å². The van der Waals surface area contributed by atoms with E-state index in [-0.39, 0.29) is 18.6 Å². The van der Waals surface area contributed by atoms with Crippen LogP contribution in [0.3, 0.4) is 0 Å². The Balaban J connectivity index is 2.28. The zero-order valence-electron chi connectivity index (χ0n) is 11.0. The molecule has 1 unspecified atom stereocenters. The molecule has 1 rings (SSSR count). The highest BCUT2D eigenvalue weighted by Crippen LogP contribution is 2.08. The number of carbonyl (C=O) groups is 2. The van der Waals surface area contributed by atoms with E-state index in [1.165, 1.54) is 7.05 Å². The van der Waals surface area contributed by atoms with Crippen molar-refractivity contribution >= 4 is 11.9 Å². The number of urea groups is 1. The van der Waals surface area contributed by atoms with Crippen molar-refractivity contribution in [1.29, 1.82) is 0 Å². The molecule has 1 atom stereocenters. The molecule has 0 bridgehead atoms. The van der Waals surface area contributed by atoms with E-state index in [1.54, 1.807) is 24.5 Å². The number of amides is 3. The first-order valence-corrected chi connectivity index (χ1v) is 5.83. The van der Waals surface area contributed by atoms with E-state index in [0.717, 1.165) is 4.90 Å². The summed E-state index contributed by atoms with van der Waals surface area (Å²) in [6, 6.07) is 2.91. The summed E-state index contributed by atoms with van der Waals surface area (Å²) in [6.45, 7) is 2.08. The predicted octanol–water partition coefficient (Wildman–Crippen LogP) is -0.0244. The van der Waals surface area contributed by atoms with Crippen molar-refractivity contribution in [2.24, 2.45) is 5.73 Å². The third kappa shape index (κ3) is 5.71. The quantitative estimate of drug-likeness (QED) is 0.755. The van der Waals surface area contributed by atoms with E-state index in [0.29, 0.717) is 12.3 Å². The first-order valence-electron chi connectivity index (χ1n) is 5.83. The van der Waals surface area contributed by atoms with Crippen LogP contribution in [0.2, 0.25) is 0 Å². The number of ether oxygens (including phenoxy) is 1. The summed E-state index contributed by atoms with van der Waals surface area (Å²) in [5.41, 5.74) is 5.02. The normalized spacial score (nSPS) is 11.5. The molecule has 3 amide bonds. The molecule has 1 aromatic heterocycles. The third-order valence-corrected chi connectivity index (χ3v) is 2.32. The van der Waals surface area contributed by atoms with Crippen LogP contribution < -0.4 is 15.8 Å². The smallest absolute Gasteiger partial charge is 0.314 e. The number of carbonyl (C=O) groups excluding carboxylic acids is 2. The molecule has 0 aliphatic heterocycles. The van der Waals surface area contributed by atoms with Gasteiger partial charge in [0.25, 0.3) is 0 Å². The van der Waals surface area contributed by atoms with Gasteiger partial charge in [0.2, 0.25) is 5.91 Å². The molecule has 3 N–H and O–H groups in total. The maximum Gasteiger partial charge on any atom is 0.314 e. The molecule has 104 valence electrons. The summed E-state index contributed by atoms with van der Waals surface area (Å²) >= 11 is 0. The molecular weight excluding hydrogens is 248 g/mol. The summed E-state index contributed by atoms with van der Waals surface area (Å²) < 4.78 is 5.53. The van der Waals surface area contributed by atoms with Gasteiger partial charge in [-0.05, 0) is 19.1 Å². The number of likely N-dealkylation sites (N-methyl/N-ethyl adjacent to an activating group) is 1. The molecule has 1 heterocycles. The van der Waals surface area contributed by atoms with Gasteiger partial charge in [0.15, 0.2) is 0 Å². The van der Waals surface area contributed by atoms with Gasteiger partial charge in [-0.15, -0.1) is 0 Å². The fraction of sp³-hybridized carbons (Fsp3) is 0.417. The molecule has 19 heavy (non-hydrogen) atoms. The van der Waals surface area contributed by atoms with Crippen LogP contribution in [0, 0.1) is 0 Å². The van der Waals surface area contributed by atoms with Crippen molar-refractivity contribution < 1.29 is 14.3 Å². The molecule has 0 saturated heterocycles. The Morgan fingerprint density at radius 2 is 2.32 bits per heavy atom. The molecule has 1 aromatic rings. The predicted molar refractivity (Wildman–Crippen MR) is 69.6 cm³/mol. The van der Waals surface area contributed by atoms with Crippen LogP contribution in [-0.4, -0.2) is 48.1 Å². The zero-order chi connectivity index (χ0) is 14.3. The van der Waals surface area contributed by atoms with E-state index in [4.69, 9.17) is 10.5 Å². The Kier molecular flexibility index (Phi) is 5.59. The average Bonchev–Trinajstić information content (AvgIpc) is 2.37. The number of primary amides is 1. The summed E-state index contributed by atoms with van der Waals surface area (Å²) in [6.07, 6.45) is 3.05.